The smallest absolute Gasteiger partial charge is 0.246 e. The summed E-state index contributed by atoms with van der Waals surface area (Å²) in [6, 6.07) is 3.59. The molecule has 108 valence electrons. The van der Waals surface area contributed by atoms with Gasteiger partial charge in [-0.05, 0) is 44.4 Å². The Morgan fingerprint density at radius 1 is 1.45 bits per heavy atom. The summed E-state index contributed by atoms with van der Waals surface area (Å²) in [6.45, 7) is 2.53. The molecule has 0 unspecified atom stereocenters. The minimum atomic E-state index is -0.361. The zero-order valence-electron chi connectivity index (χ0n) is 11.7. The Balaban J connectivity index is 2.02. The van der Waals surface area contributed by atoms with Crippen molar-refractivity contribution < 1.29 is 14.0 Å². The third-order valence-corrected chi connectivity index (χ3v) is 3.50. The number of carbonyl (C=O) groups is 2. The first-order valence-corrected chi connectivity index (χ1v) is 6.89. The van der Waals surface area contributed by atoms with Crippen LogP contribution < -0.4 is 5.73 Å². The first-order valence-electron chi connectivity index (χ1n) is 6.89. The number of likely N-dealkylation sites (tertiary alicyclic amines) is 1. The molecule has 1 fully saturated rings. The molecule has 2 heterocycles. The van der Waals surface area contributed by atoms with Crippen molar-refractivity contribution in [3.63, 3.8) is 0 Å². The number of carbonyl (C=O) groups excluding carboxylic acids is 2. The lowest BCUT2D eigenvalue weighted by Gasteiger charge is -2.34. The maximum absolute atomic E-state index is 12.2. The molecule has 0 bridgehead atoms. The molecular weight excluding hydrogens is 256 g/mol. The highest BCUT2D eigenvalue weighted by molar-refractivity contribution is 5.92. The lowest BCUT2D eigenvalue weighted by molar-refractivity contribution is -0.130. The number of amides is 2. The SMILES string of the molecule is Cc1ccc(/C=C/C(=O)N2CCCC[C@H]2CC(N)=O)o1. The molecule has 20 heavy (non-hydrogen) atoms. The Hall–Kier alpha value is -2.04. The van der Waals surface area contributed by atoms with E-state index in [0.717, 1.165) is 25.0 Å². The van der Waals surface area contributed by atoms with E-state index in [9.17, 15) is 9.59 Å². The lowest BCUT2D eigenvalue weighted by atomic mass is 9.99. The van der Waals surface area contributed by atoms with Gasteiger partial charge in [-0.2, -0.15) is 0 Å². The largest absolute Gasteiger partial charge is 0.462 e. The first-order chi connectivity index (χ1) is 9.56. The molecule has 1 aromatic rings. The van der Waals surface area contributed by atoms with Crippen LogP contribution in [0.25, 0.3) is 6.08 Å². The molecule has 1 aliphatic heterocycles. The Bertz CT molecular complexity index is 519. The van der Waals surface area contributed by atoms with Crippen LogP contribution >= 0.6 is 0 Å². The number of hydrogen-bond donors (Lipinski definition) is 1. The van der Waals surface area contributed by atoms with Gasteiger partial charge in [0.1, 0.15) is 11.5 Å². The number of piperidine rings is 1. The monoisotopic (exact) mass is 276 g/mol. The molecule has 0 saturated carbocycles. The van der Waals surface area contributed by atoms with Crippen molar-refractivity contribution >= 4 is 17.9 Å². The van der Waals surface area contributed by atoms with E-state index >= 15 is 0 Å². The summed E-state index contributed by atoms with van der Waals surface area (Å²) >= 11 is 0. The zero-order chi connectivity index (χ0) is 14.5. The predicted octanol–water partition coefficient (Wildman–Crippen LogP) is 1.86. The van der Waals surface area contributed by atoms with Crippen LogP contribution in [0.15, 0.2) is 22.6 Å². The number of rotatable bonds is 4. The number of nitrogens with zero attached hydrogens (tertiary/aromatic N) is 1. The van der Waals surface area contributed by atoms with E-state index in [1.54, 1.807) is 11.0 Å². The van der Waals surface area contributed by atoms with Gasteiger partial charge in [0.05, 0.1) is 0 Å². The molecular formula is C15H20N2O3. The summed E-state index contributed by atoms with van der Waals surface area (Å²) in [7, 11) is 0. The van der Waals surface area contributed by atoms with E-state index in [2.05, 4.69) is 0 Å². The molecule has 5 nitrogen and oxygen atoms in total. The van der Waals surface area contributed by atoms with Crippen molar-refractivity contribution in [1.82, 2.24) is 4.90 Å². The number of furan rings is 1. The fourth-order valence-electron chi connectivity index (χ4n) is 2.53. The molecule has 1 atom stereocenters. The van der Waals surface area contributed by atoms with Gasteiger partial charge < -0.3 is 15.1 Å². The lowest BCUT2D eigenvalue weighted by Crippen LogP contribution is -2.44. The van der Waals surface area contributed by atoms with Gasteiger partial charge in [-0.25, -0.2) is 0 Å². The number of hydrogen-bond acceptors (Lipinski definition) is 3. The van der Waals surface area contributed by atoms with Crippen LogP contribution in [-0.2, 0) is 9.59 Å². The highest BCUT2D eigenvalue weighted by Gasteiger charge is 2.26. The average Bonchev–Trinajstić information content (AvgIpc) is 2.82. The van der Waals surface area contributed by atoms with Crippen LogP contribution in [0.3, 0.4) is 0 Å². The van der Waals surface area contributed by atoms with Gasteiger partial charge in [0.2, 0.25) is 11.8 Å². The van der Waals surface area contributed by atoms with Crippen molar-refractivity contribution in [3.05, 3.63) is 29.7 Å². The topological polar surface area (TPSA) is 76.5 Å². The predicted molar refractivity (Wildman–Crippen MR) is 75.6 cm³/mol. The minimum absolute atomic E-state index is 0.0725. The van der Waals surface area contributed by atoms with Gasteiger partial charge in [-0.15, -0.1) is 0 Å². The summed E-state index contributed by atoms with van der Waals surface area (Å²) in [5.41, 5.74) is 5.24. The van der Waals surface area contributed by atoms with Gasteiger partial charge >= 0.3 is 0 Å². The maximum atomic E-state index is 12.2. The summed E-state index contributed by atoms with van der Waals surface area (Å²) in [6.07, 6.45) is 6.22. The van der Waals surface area contributed by atoms with Gasteiger partial charge in [-0.3, -0.25) is 9.59 Å². The molecule has 2 N–H and O–H groups in total. The summed E-state index contributed by atoms with van der Waals surface area (Å²) in [4.78, 5) is 25.0. The summed E-state index contributed by atoms with van der Waals surface area (Å²) in [5.74, 6) is 1.01. The van der Waals surface area contributed by atoms with E-state index in [4.69, 9.17) is 10.2 Å². The Morgan fingerprint density at radius 3 is 2.90 bits per heavy atom. The third-order valence-electron chi connectivity index (χ3n) is 3.50. The van der Waals surface area contributed by atoms with Crippen molar-refractivity contribution in [2.45, 2.75) is 38.6 Å². The van der Waals surface area contributed by atoms with E-state index < -0.39 is 0 Å². The fourth-order valence-corrected chi connectivity index (χ4v) is 2.53. The molecule has 2 rings (SSSR count). The van der Waals surface area contributed by atoms with Crippen molar-refractivity contribution in [2.24, 2.45) is 5.73 Å². The standard InChI is InChI=1S/C15H20N2O3/c1-11-5-6-13(20-11)7-8-15(19)17-9-3-2-4-12(17)10-14(16)18/h5-8,12H,2-4,9-10H2,1H3,(H2,16,18)/b8-7+/t12-/m0/s1. The molecule has 0 aliphatic carbocycles. The molecule has 0 radical (unpaired) electrons. The van der Waals surface area contributed by atoms with Gasteiger partial charge in [-0.1, -0.05) is 0 Å². The quantitative estimate of drug-likeness (QED) is 0.853. The van der Waals surface area contributed by atoms with Crippen LogP contribution in [0, 0.1) is 6.92 Å². The van der Waals surface area contributed by atoms with Crippen LogP contribution in [0.2, 0.25) is 0 Å². The van der Waals surface area contributed by atoms with Crippen molar-refractivity contribution in [2.75, 3.05) is 6.54 Å². The summed E-state index contributed by atoms with van der Waals surface area (Å²) in [5, 5.41) is 0. The normalized spacial score (nSPS) is 19.4. The van der Waals surface area contributed by atoms with E-state index in [1.165, 1.54) is 6.08 Å². The van der Waals surface area contributed by atoms with Gasteiger partial charge in [0, 0.05) is 25.1 Å². The fraction of sp³-hybridized carbons (Fsp3) is 0.467. The van der Waals surface area contributed by atoms with Crippen LogP contribution in [-0.4, -0.2) is 29.3 Å². The molecule has 0 spiro atoms. The highest BCUT2D eigenvalue weighted by Crippen LogP contribution is 2.20. The molecule has 1 saturated heterocycles. The molecule has 5 heteroatoms. The number of aryl methyl sites for hydroxylation is 1. The van der Waals surface area contributed by atoms with E-state index in [-0.39, 0.29) is 24.3 Å². The molecule has 0 aromatic carbocycles. The highest BCUT2D eigenvalue weighted by atomic mass is 16.3. The van der Waals surface area contributed by atoms with Crippen molar-refractivity contribution in [3.8, 4) is 0 Å². The van der Waals surface area contributed by atoms with Crippen LogP contribution in [0.1, 0.15) is 37.2 Å². The summed E-state index contributed by atoms with van der Waals surface area (Å²) < 4.78 is 5.38. The maximum Gasteiger partial charge on any atom is 0.246 e. The first kappa shape index (κ1) is 14.4. The Labute approximate surface area is 118 Å². The number of nitrogens with two attached hydrogens (primary N) is 1. The van der Waals surface area contributed by atoms with Crippen LogP contribution in [0.5, 0.6) is 0 Å². The Morgan fingerprint density at radius 2 is 2.25 bits per heavy atom. The van der Waals surface area contributed by atoms with E-state index in [0.29, 0.717) is 12.3 Å². The van der Waals surface area contributed by atoms with Crippen molar-refractivity contribution in [1.29, 1.82) is 0 Å². The van der Waals surface area contributed by atoms with Crippen LogP contribution in [0.4, 0.5) is 0 Å². The van der Waals surface area contributed by atoms with Gasteiger partial charge in [0.15, 0.2) is 0 Å². The van der Waals surface area contributed by atoms with Gasteiger partial charge in [0.25, 0.3) is 0 Å². The van der Waals surface area contributed by atoms with E-state index in [1.807, 2.05) is 19.1 Å². The zero-order valence-corrected chi connectivity index (χ0v) is 11.7. The third kappa shape index (κ3) is 3.73. The molecule has 1 aromatic heterocycles. The number of primary amides is 1. The molecule has 2 amide bonds. The second-order valence-corrected chi connectivity index (χ2v) is 5.13. The second kappa shape index (κ2) is 6.41. The molecule has 1 aliphatic rings. The average molecular weight is 276 g/mol. The minimum Gasteiger partial charge on any atom is -0.462 e. The second-order valence-electron chi connectivity index (χ2n) is 5.13. The Kier molecular flexibility index (Phi) is 4.61.